The third kappa shape index (κ3) is 4.79. The van der Waals surface area contributed by atoms with E-state index < -0.39 is 12.0 Å². The molecule has 0 amide bonds. The van der Waals surface area contributed by atoms with Crippen molar-refractivity contribution in [3.63, 3.8) is 0 Å². The standard InChI is InChI=1S/C32H30N4O3S2/c1-6-39-31(38)28-19(2)33-32-36(29(28)21-12-14-22(15-13-21)34(3)4)30(37)27(41-32)18-20-11-16-24-26(17-20)40-25-10-8-7-9-23(25)35(24)5/h7-18,29H,6H2,1-5H3/b27-18+/t29-/m1/s1. The third-order valence-corrected chi connectivity index (χ3v) is 9.43. The normalized spacial score (nSPS) is 16.1. The number of allylic oxidation sites excluding steroid dienone is 1. The molecule has 1 atom stereocenters. The Bertz CT molecular complexity index is 1890. The summed E-state index contributed by atoms with van der Waals surface area (Å²) in [6.45, 7) is 3.82. The second kappa shape index (κ2) is 10.7. The van der Waals surface area contributed by atoms with Crippen molar-refractivity contribution in [2.45, 2.75) is 29.7 Å². The summed E-state index contributed by atoms with van der Waals surface area (Å²) in [7, 11) is 6.02. The van der Waals surface area contributed by atoms with Crippen LogP contribution in [0.2, 0.25) is 0 Å². The van der Waals surface area contributed by atoms with Crippen LogP contribution in [-0.2, 0) is 9.53 Å². The predicted molar refractivity (Wildman–Crippen MR) is 166 cm³/mol. The van der Waals surface area contributed by atoms with Crippen LogP contribution in [0.15, 0.2) is 97.6 Å². The molecular weight excluding hydrogens is 553 g/mol. The summed E-state index contributed by atoms with van der Waals surface area (Å²) in [6.07, 6.45) is 1.92. The average molecular weight is 583 g/mol. The molecule has 4 aromatic rings. The molecule has 208 valence electrons. The van der Waals surface area contributed by atoms with E-state index in [1.54, 1.807) is 30.2 Å². The second-order valence-electron chi connectivity index (χ2n) is 10.1. The quantitative estimate of drug-likeness (QED) is 0.305. The molecule has 2 aliphatic rings. The fourth-order valence-corrected chi connectivity index (χ4v) is 7.51. The van der Waals surface area contributed by atoms with Gasteiger partial charge in [-0.25, -0.2) is 9.79 Å². The minimum Gasteiger partial charge on any atom is -0.463 e. The Morgan fingerprint density at radius 2 is 1.78 bits per heavy atom. The van der Waals surface area contributed by atoms with Crippen LogP contribution in [-0.4, -0.2) is 38.3 Å². The number of benzene rings is 3. The Hall–Kier alpha value is -4.08. The average Bonchev–Trinajstić information content (AvgIpc) is 3.26. The predicted octanol–water partition coefficient (Wildman–Crippen LogP) is 5.10. The maximum atomic E-state index is 14.0. The number of hydrogen-bond donors (Lipinski definition) is 0. The van der Waals surface area contributed by atoms with Crippen molar-refractivity contribution in [2.24, 2.45) is 4.99 Å². The van der Waals surface area contributed by atoms with E-state index in [0.717, 1.165) is 27.4 Å². The van der Waals surface area contributed by atoms with Gasteiger partial charge in [-0.1, -0.05) is 53.4 Å². The smallest absolute Gasteiger partial charge is 0.338 e. The summed E-state index contributed by atoms with van der Waals surface area (Å²) >= 11 is 3.07. The van der Waals surface area contributed by atoms with E-state index in [4.69, 9.17) is 9.73 Å². The maximum Gasteiger partial charge on any atom is 0.338 e. The molecule has 0 fully saturated rings. The van der Waals surface area contributed by atoms with Crippen LogP contribution in [0, 0.1) is 0 Å². The molecule has 0 saturated heterocycles. The number of ether oxygens (including phenoxy) is 1. The number of hydrogen-bond acceptors (Lipinski definition) is 8. The lowest BCUT2D eigenvalue weighted by atomic mass is 9.95. The van der Waals surface area contributed by atoms with E-state index in [2.05, 4.69) is 36.2 Å². The van der Waals surface area contributed by atoms with Gasteiger partial charge in [-0.3, -0.25) is 9.36 Å². The number of thiazole rings is 1. The zero-order valence-electron chi connectivity index (χ0n) is 23.5. The van der Waals surface area contributed by atoms with Crippen LogP contribution in [0.4, 0.5) is 17.1 Å². The minimum absolute atomic E-state index is 0.183. The van der Waals surface area contributed by atoms with Crippen LogP contribution in [0.1, 0.15) is 31.0 Å². The lowest BCUT2D eigenvalue weighted by Crippen LogP contribution is -2.39. The highest BCUT2D eigenvalue weighted by molar-refractivity contribution is 7.99. The first-order valence-corrected chi connectivity index (χ1v) is 15.0. The van der Waals surface area contributed by atoms with E-state index in [-0.39, 0.29) is 12.2 Å². The number of anilines is 3. The fourth-order valence-electron chi connectivity index (χ4n) is 5.26. The Labute approximate surface area is 246 Å². The van der Waals surface area contributed by atoms with Crippen molar-refractivity contribution in [1.29, 1.82) is 0 Å². The Balaban J connectivity index is 1.46. The summed E-state index contributed by atoms with van der Waals surface area (Å²) < 4.78 is 7.62. The van der Waals surface area contributed by atoms with Gasteiger partial charge in [0.2, 0.25) is 0 Å². The van der Waals surface area contributed by atoms with Gasteiger partial charge in [-0.05, 0) is 67.4 Å². The van der Waals surface area contributed by atoms with E-state index in [9.17, 15) is 9.59 Å². The lowest BCUT2D eigenvalue weighted by molar-refractivity contribution is -0.139. The zero-order chi connectivity index (χ0) is 28.8. The van der Waals surface area contributed by atoms with Gasteiger partial charge >= 0.3 is 5.97 Å². The van der Waals surface area contributed by atoms with Crippen LogP contribution in [0.3, 0.4) is 0 Å². The van der Waals surface area contributed by atoms with Gasteiger partial charge in [0.05, 0.1) is 39.8 Å². The van der Waals surface area contributed by atoms with Gasteiger partial charge in [0.15, 0.2) is 4.80 Å². The number of fused-ring (bicyclic) bond motifs is 3. The lowest BCUT2D eigenvalue weighted by Gasteiger charge is -2.29. The van der Waals surface area contributed by atoms with Crippen molar-refractivity contribution in [2.75, 3.05) is 37.5 Å². The van der Waals surface area contributed by atoms with E-state index >= 15 is 0 Å². The van der Waals surface area contributed by atoms with E-state index in [0.29, 0.717) is 20.6 Å². The first-order valence-electron chi connectivity index (χ1n) is 13.4. The summed E-state index contributed by atoms with van der Waals surface area (Å²) in [6, 6.07) is 21.9. The van der Waals surface area contributed by atoms with Crippen molar-refractivity contribution >= 4 is 52.2 Å². The van der Waals surface area contributed by atoms with E-state index in [1.807, 2.05) is 67.5 Å². The monoisotopic (exact) mass is 582 g/mol. The maximum absolute atomic E-state index is 14.0. The van der Waals surface area contributed by atoms with Crippen LogP contribution in [0.5, 0.6) is 0 Å². The Morgan fingerprint density at radius 1 is 1.05 bits per heavy atom. The number of carbonyl (C=O) groups excluding carboxylic acids is 1. The first kappa shape index (κ1) is 27.1. The van der Waals surface area contributed by atoms with Crippen LogP contribution >= 0.6 is 23.1 Å². The molecular formula is C32H30N4O3S2. The molecule has 0 aliphatic carbocycles. The summed E-state index contributed by atoms with van der Waals surface area (Å²) in [5.41, 5.74) is 5.85. The minimum atomic E-state index is -0.632. The summed E-state index contributed by atoms with van der Waals surface area (Å²) in [5, 5.41) is 0. The number of aromatic nitrogens is 1. The highest BCUT2D eigenvalue weighted by Crippen LogP contribution is 2.47. The van der Waals surface area contributed by atoms with Crippen molar-refractivity contribution in [3.05, 3.63) is 109 Å². The van der Waals surface area contributed by atoms with Crippen molar-refractivity contribution in [1.82, 2.24) is 4.57 Å². The molecule has 0 radical (unpaired) electrons. The second-order valence-corrected chi connectivity index (χ2v) is 12.2. The van der Waals surface area contributed by atoms with Gasteiger partial charge < -0.3 is 14.5 Å². The molecule has 2 aliphatic heterocycles. The molecule has 0 N–H and O–H groups in total. The van der Waals surface area contributed by atoms with Crippen molar-refractivity contribution in [3.8, 4) is 0 Å². The van der Waals surface area contributed by atoms with E-state index in [1.165, 1.54) is 21.9 Å². The largest absolute Gasteiger partial charge is 0.463 e. The number of rotatable bonds is 5. The number of nitrogens with zero attached hydrogens (tertiary/aromatic N) is 4. The molecule has 7 nitrogen and oxygen atoms in total. The molecule has 9 heteroatoms. The zero-order valence-corrected chi connectivity index (χ0v) is 25.2. The molecule has 41 heavy (non-hydrogen) atoms. The van der Waals surface area contributed by atoms with Gasteiger partial charge in [0.1, 0.15) is 0 Å². The fraction of sp³-hybridized carbons (Fsp3) is 0.219. The van der Waals surface area contributed by atoms with Gasteiger partial charge in [0.25, 0.3) is 5.56 Å². The SMILES string of the molecule is CCOC(=O)C1=C(C)N=c2s/c(=C/c3ccc4c(c3)Sc3ccccc3N4C)c(=O)n2[C@@H]1c1ccc(N(C)C)cc1. The number of esters is 1. The molecule has 1 aromatic heterocycles. The molecule has 0 saturated carbocycles. The van der Waals surface area contributed by atoms with Crippen LogP contribution in [0.25, 0.3) is 6.08 Å². The highest BCUT2D eigenvalue weighted by Gasteiger charge is 2.33. The highest BCUT2D eigenvalue weighted by atomic mass is 32.2. The van der Waals surface area contributed by atoms with Crippen LogP contribution < -0.4 is 24.7 Å². The molecule has 0 bridgehead atoms. The Kier molecular flexibility index (Phi) is 7.09. The molecule has 3 heterocycles. The molecule has 6 rings (SSSR count). The molecule has 3 aromatic carbocycles. The number of para-hydroxylation sites is 1. The summed E-state index contributed by atoms with van der Waals surface area (Å²) in [5.74, 6) is -0.458. The molecule has 0 spiro atoms. The third-order valence-electron chi connectivity index (χ3n) is 7.33. The summed E-state index contributed by atoms with van der Waals surface area (Å²) in [4.78, 5) is 39.0. The first-order chi connectivity index (χ1) is 19.8. The molecule has 0 unspecified atom stereocenters. The Morgan fingerprint density at radius 3 is 2.51 bits per heavy atom. The van der Waals surface area contributed by atoms with Gasteiger partial charge in [-0.15, -0.1) is 0 Å². The van der Waals surface area contributed by atoms with Gasteiger partial charge in [-0.2, -0.15) is 0 Å². The topological polar surface area (TPSA) is 67.1 Å². The van der Waals surface area contributed by atoms with Crippen molar-refractivity contribution < 1.29 is 9.53 Å². The van der Waals surface area contributed by atoms with Gasteiger partial charge in [0, 0.05) is 36.6 Å². The number of carbonyl (C=O) groups is 1.